The highest BCUT2D eigenvalue weighted by molar-refractivity contribution is 6.00. The minimum absolute atomic E-state index is 0.190. The van der Waals surface area contributed by atoms with Gasteiger partial charge in [-0.25, -0.2) is 14.0 Å². The van der Waals surface area contributed by atoms with Gasteiger partial charge < -0.3 is 20.5 Å². The summed E-state index contributed by atoms with van der Waals surface area (Å²) in [6.07, 6.45) is -0.190. The third kappa shape index (κ3) is 4.51. The Labute approximate surface area is 115 Å². The van der Waals surface area contributed by atoms with Gasteiger partial charge in [0.25, 0.3) is 0 Å². The maximum atomic E-state index is 13.6. The molecule has 0 bridgehead atoms. The molecule has 1 unspecified atom stereocenters. The normalized spacial score (nSPS) is 11.8. The molecule has 0 fully saturated rings. The minimum Gasteiger partial charge on any atom is -0.478 e. The largest absolute Gasteiger partial charge is 0.478 e. The average molecular weight is 284 g/mol. The lowest BCUT2D eigenvalue weighted by molar-refractivity contribution is 0.0697. The van der Waals surface area contributed by atoms with E-state index < -0.39 is 17.8 Å². The highest BCUT2D eigenvalue weighted by Crippen LogP contribution is 2.19. The molecule has 20 heavy (non-hydrogen) atoms. The van der Waals surface area contributed by atoms with Gasteiger partial charge in [-0.2, -0.15) is 0 Å². The summed E-state index contributed by atoms with van der Waals surface area (Å²) in [7, 11) is 0. The number of carbonyl (C=O) groups is 2. The van der Waals surface area contributed by atoms with Crippen LogP contribution in [-0.4, -0.2) is 36.4 Å². The number of hydrogen-bond donors (Lipinski definition) is 3. The maximum absolute atomic E-state index is 13.6. The van der Waals surface area contributed by atoms with Gasteiger partial charge in [0, 0.05) is 13.2 Å². The van der Waals surface area contributed by atoms with E-state index in [1.807, 2.05) is 6.92 Å². The summed E-state index contributed by atoms with van der Waals surface area (Å²) < 4.78 is 18.8. The highest BCUT2D eigenvalue weighted by atomic mass is 19.1. The predicted molar refractivity (Wildman–Crippen MR) is 71.5 cm³/mol. The van der Waals surface area contributed by atoms with Crippen LogP contribution >= 0.6 is 0 Å². The van der Waals surface area contributed by atoms with Crippen molar-refractivity contribution in [2.75, 3.05) is 18.5 Å². The van der Waals surface area contributed by atoms with Crippen molar-refractivity contribution in [2.45, 2.75) is 20.0 Å². The van der Waals surface area contributed by atoms with Gasteiger partial charge in [0.2, 0.25) is 0 Å². The zero-order valence-corrected chi connectivity index (χ0v) is 11.3. The molecule has 6 nitrogen and oxygen atoms in total. The molecule has 1 aromatic rings. The fourth-order valence-corrected chi connectivity index (χ4v) is 1.57. The third-order valence-electron chi connectivity index (χ3n) is 2.48. The lowest BCUT2D eigenvalue weighted by Crippen LogP contribution is -2.35. The molecular weight excluding hydrogens is 267 g/mol. The summed E-state index contributed by atoms with van der Waals surface area (Å²) in [6, 6.07) is 2.86. The van der Waals surface area contributed by atoms with E-state index in [2.05, 4.69) is 10.6 Å². The fraction of sp³-hybridized carbons (Fsp3) is 0.385. The molecule has 0 spiro atoms. The van der Waals surface area contributed by atoms with Gasteiger partial charge >= 0.3 is 12.0 Å². The highest BCUT2D eigenvalue weighted by Gasteiger charge is 2.16. The second kappa shape index (κ2) is 7.44. The third-order valence-corrected chi connectivity index (χ3v) is 2.48. The second-order valence-corrected chi connectivity index (χ2v) is 4.07. The summed E-state index contributed by atoms with van der Waals surface area (Å²) in [5.41, 5.74) is -0.667. The van der Waals surface area contributed by atoms with Crippen LogP contribution in [0.25, 0.3) is 0 Å². The average Bonchev–Trinajstić information content (AvgIpc) is 2.39. The van der Waals surface area contributed by atoms with E-state index in [1.165, 1.54) is 12.1 Å². The quantitative estimate of drug-likeness (QED) is 0.746. The Bertz CT molecular complexity index is 493. The standard InChI is InChI=1S/C13H17FN2O4/c1-3-20-8(2)7-15-13(19)16-11-9(12(17)18)5-4-6-10(11)14/h4-6,8H,3,7H2,1-2H3,(H,17,18)(H2,15,16,19). The molecule has 1 aromatic carbocycles. The van der Waals surface area contributed by atoms with E-state index in [-0.39, 0.29) is 23.9 Å². The zero-order chi connectivity index (χ0) is 15.1. The number of rotatable bonds is 6. The van der Waals surface area contributed by atoms with Crippen molar-refractivity contribution < 1.29 is 23.8 Å². The molecular formula is C13H17FN2O4. The molecule has 1 rings (SSSR count). The number of urea groups is 1. The number of anilines is 1. The Morgan fingerprint density at radius 1 is 1.45 bits per heavy atom. The molecule has 0 aliphatic carbocycles. The SMILES string of the molecule is CCOC(C)CNC(=O)Nc1c(F)cccc1C(=O)O. The van der Waals surface area contributed by atoms with Gasteiger partial charge in [0.1, 0.15) is 5.82 Å². The predicted octanol–water partition coefficient (Wildman–Crippen LogP) is 2.07. The van der Waals surface area contributed by atoms with E-state index in [0.29, 0.717) is 6.61 Å². The van der Waals surface area contributed by atoms with Crippen LogP contribution in [0.3, 0.4) is 0 Å². The van der Waals surface area contributed by atoms with Crippen molar-refractivity contribution >= 4 is 17.7 Å². The van der Waals surface area contributed by atoms with Crippen molar-refractivity contribution in [2.24, 2.45) is 0 Å². The smallest absolute Gasteiger partial charge is 0.337 e. The van der Waals surface area contributed by atoms with Crippen molar-refractivity contribution in [3.63, 3.8) is 0 Å². The monoisotopic (exact) mass is 284 g/mol. The molecule has 0 radical (unpaired) electrons. The van der Waals surface area contributed by atoms with E-state index in [1.54, 1.807) is 6.92 Å². The number of ether oxygens (including phenoxy) is 1. The molecule has 3 N–H and O–H groups in total. The molecule has 2 amide bonds. The number of carbonyl (C=O) groups excluding carboxylic acids is 1. The summed E-state index contributed by atoms with van der Waals surface area (Å²) in [5, 5.41) is 13.6. The molecule has 0 aromatic heterocycles. The molecule has 0 heterocycles. The molecule has 0 aliphatic rings. The van der Waals surface area contributed by atoms with E-state index >= 15 is 0 Å². The number of para-hydroxylation sites is 1. The number of carboxylic acid groups (broad SMARTS) is 1. The van der Waals surface area contributed by atoms with Crippen LogP contribution in [-0.2, 0) is 4.74 Å². The lowest BCUT2D eigenvalue weighted by Gasteiger charge is -2.14. The number of carboxylic acids is 1. The minimum atomic E-state index is -1.32. The van der Waals surface area contributed by atoms with Crippen LogP contribution in [0.4, 0.5) is 14.9 Å². The molecule has 1 atom stereocenters. The summed E-state index contributed by atoms with van der Waals surface area (Å²) in [4.78, 5) is 22.6. The fourth-order valence-electron chi connectivity index (χ4n) is 1.57. The van der Waals surface area contributed by atoms with Gasteiger partial charge in [-0.15, -0.1) is 0 Å². The van der Waals surface area contributed by atoms with Crippen LogP contribution in [0.5, 0.6) is 0 Å². The van der Waals surface area contributed by atoms with Crippen LogP contribution in [0.15, 0.2) is 18.2 Å². The topological polar surface area (TPSA) is 87.7 Å². The first-order chi connectivity index (χ1) is 9.45. The Balaban J connectivity index is 2.69. The van der Waals surface area contributed by atoms with E-state index in [9.17, 15) is 14.0 Å². The van der Waals surface area contributed by atoms with Crippen LogP contribution < -0.4 is 10.6 Å². The van der Waals surface area contributed by atoms with Gasteiger partial charge in [-0.1, -0.05) is 6.07 Å². The number of aromatic carboxylic acids is 1. The Hall–Kier alpha value is -2.15. The molecule has 0 aliphatic heterocycles. The van der Waals surface area contributed by atoms with Crippen molar-refractivity contribution in [1.82, 2.24) is 5.32 Å². The van der Waals surface area contributed by atoms with Crippen LogP contribution in [0.1, 0.15) is 24.2 Å². The molecule has 0 saturated carbocycles. The van der Waals surface area contributed by atoms with Crippen molar-refractivity contribution in [3.8, 4) is 0 Å². The van der Waals surface area contributed by atoms with Crippen molar-refractivity contribution in [1.29, 1.82) is 0 Å². The summed E-state index contributed by atoms with van der Waals surface area (Å²) >= 11 is 0. The van der Waals surface area contributed by atoms with Crippen molar-refractivity contribution in [3.05, 3.63) is 29.6 Å². The Morgan fingerprint density at radius 3 is 2.75 bits per heavy atom. The van der Waals surface area contributed by atoms with Gasteiger partial charge in [-0.05, 0) is 26.0 Å². The van der Waals surface area contributed by atoms with Crippen LogP contribution in [0.2, 0.25) is 0 Å². The Morgan fingerprint density at radius 2 is 2.15 bits per heavy atom. The number of amides is 2. The lowest BCUT2D eigenvalue weighted by atomic mass is 10.1. The second-order valence-electron chi connectivity index (χ2n) is 4.07. The first kappa shape index (κ1) is 15.9. The van der Waals surface area contributed by atoms with E-state index in [4.69, 9.17) is 9.84 Å². The first-order valence-corrected chi connectivity index (χ1v) is 6.14. The molecule has 7 heteroatoms. The maximum Gasteiger partial charge on any atom is 0.337 e. The van der Waals surface area contributed by atoms with Crippen LogP contribution in [0, 0.1) is 5.82 Å². The zero-order valence-electron chi connectivity index (χ0n) is 11.3. The van der Waals surface area contributed by atoms with Gasteiger partial charge in [0.05, 0.1) is 17.4 Å². The van der Waals surface area contributed by atoms with Gasteiger partial charge in [-0.3, -0.25) is 0 Å². The summed E-state index contributed by atoms with van der Waals surface area (Å²) in [5.74, 6) is -2.12. The number of hydrogen-bond acceptors (Lipinski definition) is 3. The number of nitrogens with one attached hydrogen (secondary N) is 2. The molecule has 110 valence electrons. The number of benzene rings is 1. The van der Waals surface area contributed by atoms with E-state index in [0.717, 1.165) is 6.07 Å². The molecule has 0 saturated heterocycles. The first-order valence-electron chi connectivity index (χ1n) is 6.14. The Kier molecular flexibility index (Phi) is 5.92. The van der Waals surface area contributed by atoms with Gasteiger partial charge in [0.15, 0.2) is 0 Å². The number of halogens is 1. The summed E-state index contributed by atoms with van der Waals surface area (Å²) in [6.45, 7) is 4.35.